The second kappa shape index (κ2) is 6.27. The van der Waals surface area contributed by atoms with Crippen LogP contribution in [0.2, 0.25) is 5.02 Å². The van der Waals surface area contributed by atoms with Crippen LogP contribution in [0.1, 0.15) is 25.8 Å². The van der Waals surface area contributed by atoms with Gasteiger partial charge in [0.05, 0.1) is 0 Å². The number of nitrogens with zero attached hydrogens (tertiary/aromatic N) is 1. The van der Waals surface area contributed by atoms with E-state index in [4.69, 9.17) is 17.3 Å². The van der Waals surface area contributed by atoms with Gasteiger partial charge in [-0.1, -0.05) is 37.6 Å². The number of nitrogens with two attached hydrogens (primary N) is 1. The first-order chi connectivity index (χ1) is 9.37. The third-order valence-corrected chi connectivity index (χ3v) is 6.17. The highest BCUT2D eigenvalue weighted by Gasteiger charge is 2.42. The number of rotatable bonds is 4. The number of hydrogen-bond acceptors (Lipinski definition) is 3. The van der Waals surface area contributed by atoms with Crippen LogP contribution >= 0.6 is 23.4 Å². The summed E-state index contributed by atoms with van der Waals surface area (Å²) in [6.45, 7) is 6.33. The molecule has 0 saturated carbocycles. The summed E-state index contributed by atoms with van der Waals surface area (Å²) in [5.41, 5.74) is 7.91. The highest BCUT2D eigenvalue weighted by atomic mass is 35.5. The first-order valence-electron chi connectivity index (χ1n) is 7.10. The van der Waals surface area contributed by atoms with E-state index >= 15 is 0 Å². The Kier molecular flexibility index (Phi) is 5.06. The minimum Gasteiger partial charge on any atom is -0.329 e. The van der Waals surface area contributed by atoms with Crippen LogP contribution in [0.25, 0.3) is 0 Å². The topological polar surface area (TPSA) is 29.3 Å². The molecule has 1 fully saturated rings. The fourth-order valence-corrected chi connectivity index (χ4v) is 4.78. The molecule has 112 valence electrons. The van der Waals surface area contributed by atoms with Gasteiger partial charge in [0.25, 0.3) is 0 Å². The molecule has 0 bridgehead atoms. The van der Waals surface area contributed by atoms with Gasteiger partial charge in [-0.15, -0.1) is 0 Å². The molecule has 4 heteroatoms. The molecule has 1 aromatic carbocycles. The van der Waals surface area contributed by atoms with Crippen LogP contribution in [0.4, 0.5) is 0 Å². The molecule has 0 amide bonds. The lowest BCUT2D eigenvalue weighted by atomic mass is 9.79. The molecule has 1 aromatic rings. The number of likely N-dealkylation sites (N-methyl/N-ethyl adjacent to an activating group) is 1. The van der Waals surface area contributed by atoms with Crippen LogP contribution in [0.3, 0.4) is 0 Å². The summed E-state index contributed by atoms with van der Waals surface area (Å²) >= 11 is 7.98. The van der Waals surface area contributed by atoms with Crippen molar-refractivity contribution in [2.24, 2.45) is 11.1 Å². The Labute approximate surface area is 132 Å². The summed E-state index contributed by atoms with van der Waals surface area (Å²) in [6, 6.07) is 8.12. The van der Waals surface area contributed by atoms with Gasteiger partial charge in [0, 0.05) is 29.4 Å². The van der Waals surface area contributed by atoms with Gasteiger partial charge in [-0.25, -0.2) is 0 Å². The molecule has 1 aliphatic heterocycles. The quantitative estimate of drug-likeness (QED) is 0.920. The van der Waals surface area contributed by atoms with E-state index in [2.05, 4.69) is 37.9 Å². The summed E-state index contributed by atoms with van der Waals surface area (Å²) in [5.74, 6) is 2.35. The Morgan fingerprint density at radius 1 is 1.25 bits per heavy atom. The van der Waals surface area contributed by atoms with Crippen LogP contribution in [0.15, 0.2) is 24.3 Å². The van der Waals surface area contributed by atoms with Crippen molar-refractivity contribution in [2.45, 2.75) is 32.4 Å². The molecular weight excluding hydrogens is 288 g/mol. The Balaban J connectivity index is 2.12. The lowest BCUT2D eigenvalue weighted by molar-refractivity contribution is 0.0870. The molecule has 1 atom stereocenters. The average molecular weight is 313 g/mol. The van der Waals surface area contributed by atoms with Crippen LogP contribution in [0.5, 0.6) is 0 Å². The third-order valence-electron chi connectivity index (χ3n) is 4.19. The molecule has 0 aromatic heterocycles. The minimum atomic E-state index is 0.103. The van der Waals surface area contributed by atoms with Gasteiger partial charge in [-0.3, -0.25) is 4.90 Å². The smallest absolute Gasteiger partial charge is 0.0427 e. The highest BCUT2D eigenvalue weighted by molar-refractivity contribution is 7.99. The van der Waals surface area contributed by atoms with Crippen molar-refractivity contribution in [1.82, 2.24) is 4.90 Å². The van der Waals surface area contributed by atoms with Gasteiger partial charge in [0.2, 0.25) is 0 Å². The fraction of sp³-hybridized carbons (Fsp3) is 0.625. The van der Waals surface area contributed by atoms with Gasteiger partial charge in [-0.05, 0) is 42.3 Å². The van der Waals surface area contributed by atoms with Crippen molar-refractivity contribution < 1.29 is 0 Å². The first-order valence-corrected chi connectivity index (χ1v) is 8.64. The van der Waals surface area contributed by atoms with E-state index in [0.717, 1.165) is 23.7 Å². The summed E-state index contributed by atoms with van der Waals surface area (Å²) in [6.07, 6.45) is 1.16. The molecule has 20 heavy (non-hydrogen) atoms. The minimum absolute atomic E-state index is 0.103. The van der Waals surface area contributed by atoms with Crippen LogP contribution in [0, 0.1) is 5.41 Å². The Morgan fingerprint density at radius 2 is 1.90 bits per heavy atom. The summed E-state index contributed by atoms with van der Waals surface area (Å²) in [7, 11) is 2.20. The summed E-state index contributed by atoms with van der Waals surface area (Å²) < 4.78 is 0. The maximum absolute atomic E-state index is 6.16. The largest absolute Gasteiger partial charge is 0.329 e. The predicted molar refractivity (Wildman–Crippen MR) is 90.4 cm³/mol. The van der Waals surface area contributed by atoms with E-state index < -0.39 is 0 Å². The lowest BCUT2D eigenvalue weighted by Gasteiger charge is -2.49. The van der Waals surface area contributed by atoms with E-state index in [-0.39, 0.29) is 5.54 Å². The molecule has 1 saturated heterocycles. The van der Waals surface area contributed by atoms with Crippen LogP contribution in [-0.2, 0) is 6.54 Å². The Morgan fingerprint density at radius 3 is 2.45 bits per heavy atom. The molecule has 1 unspecified atom stereocenters. The Bertz CT molecular complexity index is 446. The molecule has 0 radical (unpaired) electrons. The van der Waals surface area contributed by atoms with Crippen molar-refractivity contribution >= 4 is 23.4 Å². The zero-order valence-corrected chi connectivity index (χ0v) is 14.2. The van der Waals surface area contributed by atoms with E-state index in [1.54, 1.807) is 0 Å². The first kappa shape index (κ1) is 16.2. The standard InChI is InChI=1S/C16H25ClN2S/c1-15(2)9-16(10-18,12-20-11-15)19(3)8-13-4-6-14(17)7-5-13/h4-7H,8-12,18H2,1-3H3. The molecule has 1 aliphatic rings. The Hall–Kier alpha value is -0.220. The number of thioether (sulfide) groups is 1. The second-order valence-electron chi connectivity index (χ2n) is 6.74. The fourth-order valence-electron chi connectivity index (χ4n) is 3.07. The zero-order chi connectivity index (χ0) is 14.8. The number of benzene rings is 1. The van der Waals surface area contributed by atoms with Crippen molar-refractivity contribution in [3.8, 4) is 0 Å². The van der Waals surface area contributed by atoms with E-state index in [0.29, 0.717) is 12.0 Å². The molecule has 0 aliphatic carbocycles. The maximum Gasteiger partial charge on any atom is 0.0427 e. The van der Waals surface area contributed by atoms with Gasteiger partial charge in [0.15, 0.2) is 0 Å². The van der Waals surface area contributed by atoms with Gasteiger partial charge in [0.1, 0.15) is 0 Å². The van der Waals surface area contributed by atoms with Crippen LogP contribution < -0.4 is 5.73 Å². The molecule has 1 heterocycles. The number of halogens is 1. The predicted octanol–water partition coefficient (Wildman–Crippen LogP) is 3.63. The van der Waals surface area contributed by atoms with E-state index in [1.807, 2.05) is 23.9 Å². The SMILES string of the molecule is CN(Cc1ccc(Cl)cc1)C1(CN)CSCC(C)(C)C1. The number of hydrogen-bond donors (Lipinski definition) is 1. The summed E-state index contributed by atoms with van der Waals surface area (Å²) in [4.78, 5) is 2.43. The van der Waals surface area contributed by atoms with Crippen molar-refractivity contribution in [1.29, 1.82) is 0 Å². The lowest BCUT2D eigenvalue weighted by Crippen LogP contribution is -2.58. The maximum atomic E-state index is 6.16. The van der Waals surface area contributed by atoms with Crippen molar-refractivity contribution in [3.63, 3.8) is 0 Å². The average Bonchev–Trinajstić information content (AvgIpc) is 2.40. The van der Waals surface area contributed by atoms with Gasteiger partial charge >= 0.3 is 0 Å². The normalized spacial score (nSPS) is 25.9. The molecule has 2 N–H and O–H groups in total. The van der Waals surface area contributed by atoms with Crippen LogP contribution in [-0.4, -0.2) is 35.5 Å². The van der Waals surface area contributed by atoms with E-state index in [1.165, 1.54) is 11.3 Å². The molecule has 2 rings (SSSR count). The second-order valence-corrected chi connectivity index (χ2v) is 8.17. The molecule has 0 spiro atoms. The third kappa shape index (κ3) is 3.70. The van der Waals surface area contributed by atoms with Crippen molar-refractivity contribution in [3.05, 3.63) is 34.9 Å². The van der Waals surface area contributed by atoms with Crippen molar-refractivity contribution in [2.75, 3.05) is 25.1 Å². The molecular formula is C16H25ClN2S. The monoisotopic (exact) mass is 312 g/mol. The zero-order valence-electron chi connectivity index (χ0n) is 12.7. The molecule has 2 nitrogen and oxygen atoms in total. The highest BCUT2D eigenvalue weighted by Crippen LogP contribution is 2.41. The van der Waals surface area contributed by atoms with Gasteiger partial charge < -0.3 is 5.73 Å². The summed E-state index contributed by atoms with van der Waals surface area (Å²) in [5, 5.41) is 0.791. The van der Waals surface area contributed by atoms with Gasteiger partial charge in [-0.2, -0.15) is 11.8 Å². The van der Waals surface area contributed by atoms with E-state index in [9.17, 15) is 0 Å².